The number of carbonyl (C=O) groups excluding carboxylic acids is 1. The van der Waals surface area contributed by atoms with E-state index in [0.717, 1.165) is 18.6 Å². The highest BCUT2D eigenvalue weighted by Gasteiger charge is 2.60. The van der Waals surface area contributed by atoms with E-state index in [4.69, 9.17) is 4.84 Å². The highest BCUT2D eigenvalue weighted by Crippen LogP contribution is 2.63. The van der Waals surface area contributed by atoms with Gasteiger partial charge in [0.25, 0.3) is 5.69 Å². The molecular formula is C17H20N2O4. The van der Waals surface area contributed by atoms with Gasteiger partial charge < -0.3 is 4.84 Å². The van der Waals surface area contributed by atoms with E-state index < -0.39 is 10.9 Å². The minimum atomic E-state index is -0.662. The molecule has 3 rings (SSSR count). The van der Waals surface area contributed by atoms with E-state index in [1.807, 2.05) is 0 Å². The van der Waals surface area contributed by atoms with Crippen LogP contribution >= 0.6 is 0 Å². The van der Waals surface area contributed by atoms with Gasteiger partial charge in [0.2, 0.25) is 0 Å². The number of hydrogen-bond donors (Lipinski definition) is 0. The molecule has 1 aromatic carbocycles. The second-order valence-electron chi connectivity index (χ2n) is 7.22. The van der Waals surface area contributed by atoms with E-state index in [2.05, 4.69) is 25.9 Å². The number of fused-ring (bicyclic) bond motifs is 2. The second kappa shape index (κ2) is 5.15. The van der Waals surface area contributed by atoms with Gasteiger partial charge >= 0.3 is 5.97 Å². The summed E-state index contributed by atoms with van der Waals surface area (Å²) in [5.41, 5.74) is 1.04. The lowest BCUT2D eigenvalue weighted by Gasteiger charge is -2.34. The Hall–Kier alpha value is -2.24. The molecular weight excluding hydrogens is 296 g/mol. The molecule has 0 aromatic heterocycles. The van der Waals surface area contributed by atoms with Gasteiger partial charge in [0.1, 0.15) is 0 Å². The maximum Gasteiger partial charge on any atom is 0.365 e. The lowest BCUT2D eigenvalue weighted by atomic mass is 9.70. The van der Waals surface area contributed by atoms with Crippen molar-refractivity contribution in [1.29, 1.82) is 0 Å². The van der Waals surface area contributed by atoms with Crippen molar-refractivity contribution in [3.63, 3.8) is 0 Å². The molecule has 0 heterocycles. The lowest BCUT2D eigenvalue weighted by molar-refractivity contribution is -0.384. The highest BCUT2D eigenvalue weighted by atomic mass is 16.7. The molecule has 2 aliphatic rings. The zero-order valence-corrected chi connectivity index (χ0v) is 13.5. The topological polar surface area (TPSA) is 81.8 Å². The second-order valence-corrected chi connectivity index (χ2v) is 7.22. The Morgan fingerprint density at radius 3 is 2.70 bits per heavy atom. The highest BCUT2D eigenvalue weighted by molar-refractivity contribution is 5.95. The predicted octanol–water partition coefficient (Wildman–Crippen LogP) is 3.95. The number of benzene rings is 1. The van der Waals surface area contributed by atoms with E-state index in [0.29, 0.717) is 5.92 Å². The molecule has 0 amide bonds. The Balaban J connectivity index is 1.78. The molecule has 0 unspecified atom stereocenters. The van der Waals surface area contributed by atoms with Gasteiger partial charge in [-0.05, 0) is 36.7 Å². The third-order valence-corrected chi connectivity index (χ3v) is 6.04. The molecule has 0 aliphatic heterocycles. The molecule has 6 nitrogen and oxygen atoms in total. The molecule has 1 aromatic rings. The predicted molar refractivity (Wildman–Crippen MR) is 85.2 cm³/mol. The van der Waals surface area contributed by atoms with Gasteiger partial charge in [0.15, 0.2) is 0 Å². The average molecular weight is 316 g/mol. The summed E-state index contributed by atoms with van der Waals surface area (Å²) in [7, 11) is 0. The van der Waals surface area contributed by atoms with Crippen LogP contribution in [0.3, 0.4) is 0 Å². The molecule has 122 valence electrons. The molecule has 2 aliphatic carbocycles. The van der Waals surface area contributed by atoms with Crippen molar-refractivity contribution < 1.29 is 14.6 Å². The number of hydrogen-bond acceptors (Lipinski definition) is 5. The van der Waals surface area contributed by atoms with Gasteiger partial charge in [-0.1, -0.05) is 32.0 Å². The van der Waals surface area contributed by atoms with Crippen LogP contribution < -0.4 is 0 Å². The van der Waals surface area contributed by atoms with Crippen LogP contribution in [0.2, 0.25) is 0 Å². The zero-order valence-electron chi connectivity index (χ0n) is 13.5. The lowest BCUT2D eigenvalue weighted by Crippen LogP contribution is -2.32. The van der Waals surface area contributed by atoms with E-state index >= 15 is 0 Å². The molecule has 2 fully saturated rings. The van der Waals surface area contributed by atoms with Crippen LogP contribution in [0, 0.1) is 26.9 Å². The maximum atomic E-state index is 12.1. The van der Waals surface area contributed by atoms with Crippen LogP contribution in [0.4, 0.5) is 5.69 Å². The van der Waals surface area contributed by atoms with E-state index in [9.17, 15) is 14.9 Å². The first-order valence-electron chi connectivity index (χ1n) is 7.79. The number of nitro groups is 1. The van der Waals surface area contributed by atoms with Crippen molar-refractivity contribution in [2.75, 3.05) is 0 Å². The number of rotatable bonds is 3. The number of carbonyl (C=O) groups is 1. The van der Waals surface area contributed by atoms with Crippen molar-refractivity contribution >= 4 is 17.4 Å². The summed E-state index contributed by atoms with van der Waals surface area (Å²) in [5, 5.41) is 14.9. The zero-order chi connectivity index (χ0) is 16.8. The summed E-state index contributed by atoms with van der Waals surface area (Å²) < 4.78 is 0. The first kappa shape index (κ1) is 15.6. The summed E-state index contributed by atoms with van der Waals surface area (Å²) in [4.78, 5) is 27.4. The monoisotopic (exact) mass is 316 g/mol. The van der Waals surface area contributed by atoms with Crippen LogP contribution in [0.1, 0.15) is 50.4 Å². The molecule has 0 N–H and O–H groups in total. The first-order chi connectivity index (χ1) is 10.8. The van der Waals surface area contributed by atoms with Crippen molar-refractivity contribution in [2.24, 2.45) is 21.9 Å². The molecule has 23 heavy (non-hydrogen) atoms. The normalized spacial score (nSPS) is 29.7. The summed E-state index contributed by atoms with van der Waals surface area (Å²) >= 11 is 0. The van der Waals surface area contributed by atoms with Crippen LogP contribution in [-0.4, -0.2) is 16.6 Å². The Bertz CT molecular complexity index is 710. The van der Waals surface area contributed by atoms with Gasteiger partial charge in [0.05, 0.1) is 16.2 Å². The Morgan fingerprint density at radius 2 is 2.13 bits per heavy atom. The largest absolute Gasteiger partial charge is 0.365 e. The van der Waals surface area contributed by atoms with Gasteiger partial charge in [0, 0.05) is 17.5 Å². The SMILES string of the molecule is CC1(C)[C@@H]2CC[C@@]1(C)/C(=N/OC(=O)c1cccc([N+](=O)[O-])c1)C2. The number of oxime groups is 1. The smallest absolute Gasteiger partial charge is 0.313 e. The fourth-order valence-electron chi connectivity index (χ4n) is 3.96. The number of nitrogens with zero attached hydrogens (tertiary/aromatic N) is 2. The molecule has 0 radical (unpaired) electrons. The minimum Gasteiger partial charge on any atom is -0.313 e. The average Bonchev–Trinajstić information content (AvgIpc) is 2.85. The summed E-state index contributed by atoms with van der Waals surface area (Å²) in [6.07, 6.45) is 3.09. The van der Waals surface area contributed by atoms with Crippen molar-refractivity contribution in [3.05, 3.63) is 39.9 Å². The van der Waals surface area contributed by atoms with E-state index in [1.54, 1.807) is 0 Å². The van der Waals surface area contributed by atoms with Crippen molar-refractivity contribution in [2.45, 2.75) is 40.0 Å². The Labute approximate surface area is 134 Å². The van der Waals surface area contributed by atoms with Crippen LogP contribution in [0.25, 0.3) is 0 Å². The maximum absolute atomic E-state index is 12.1. The summed E-state index contributed by atoms with van der Waals surface area (Å²) in [6.45, 7) is 6.67. The molecule has 0 saturated heterocycles. The molecule has 0 spiro atoms. The fourth-order valence-corrected chi connectivity index (χ4v) is 3.96. The number of nitro benzene ring substituents is 1. The quantitative estimate of drug-likeness (QED) is 0.480. The van der Waals surface area contributed by atoms with Crippen molar-refractivity contribution in [1.82, 2.24) is 0 Å². The fraction of sp³-hybridized carbons (Fsp3) is 0.529. The minimum absolute atomic E-state index is 0.0410. The van der Waals surface area contributed by atoms with Gasteiger partial charge in [-0.25, -0.2) is 4.79 Å². The standard InChI is InChI=1S/C17H20N2O4/c1-16(2)12-7-8-17(16,3)14(10-12)18-23-15(20)11-5-4-6-13(9-11)19(21)22/h4-6,9,12H,7-8,10H2,1-3H3/b18-14+/t12-,17+/m1/s1. The van der Waals surface area contributed by atoms with E-state index in [-0.39, 0.29) is 22.1 Å². The molecule has 2 atom stereocenters. The Kier molecular flexibility index (Phi) is 3.50. The van der Waals surface area contributed by atoms with Gasteiger partial charge in [-0.3, -0.25) is 10.1 Å². The Morgan fingerprint density at radius 1 is 1.39 bits per heavy atom. The van der Waals surface area contributed by atoms with Crippen molar-refractivity contribution in [3.8, 4) is 0 Å². The summed E-state index contributed by atoms with van der Waals surface area (Å²) in [6, 6.07) is 5.49. The number of non-ortho nitro benzene ring substituents is 1. The molecule has 2 saturated carbocycles. The van der Waals surface area contributed by atoms with Crippen LogP contribution in [-0.2, 0) is 4.84 Å². The van der Waals surface area contributed by atoms with Gasteiger partial charge in [-0.15, -0.1) is 0 Å². The first-order valence-corrected chi connectivity index (χ1v) is 7.79. The van der Waals surface area contributed by atoms with Crippen LogP contribution in [0.5, 0.6) is 0 Å². The third kappa shape index (κ3) is 2.33. The van der Waals surface area contributed by atoms with E-state index in [1.165, 1.54) is 30.7 Å². The molecule has 6 heteroatoms. The van der Waals surface area contributed by atoms with Crippen LogP contribution in [0.15, 0.2) is 29.4 Å². The summed E-state index contributed by atoms with van der Waals surface area (Å²) in [5.74, 6) is -0.0897. The third-order valence-electron chi connectivity index (χ3n) is 6.04. The van der Waals surface area contributed by atoms with Gasteiger partial charge in [-0.2, -0.15) is 0 Å². The molecule has 2 bridgehead atoms.